The summed E-state index contributed by atoms with van der Waals surface area (Å²) in [5, 5.41) is -0.319. The zero-order valence-electron chi connectivity index (χ0n) is 10.9. The number of hydrogen-bond donors (Lipinski definition) is 0. The van der Waals surface area contributed by atoms with Crippen LogP contribution in [0.3, 0.4) is 0 Å². The van der Waals surface area contributed by atoms with E-state index in [9.17, 15) is 13.2 Å². The van der Waals surface area contributed by atoms with Crippen molar-refractivity contribution in [3.8, 4) is 0 Å². The van der Waals surface area contributed by atoms with Crippen LogP contribution in [0.15, 0.2) is 11.6 Å². The minimum atomic E-state index is -3.00. The Morgan fingerprint density at radius 3 is 2.47 bits per heavy atom. The number of ketones is 1. The third kappa shape index (κ3) is 3.66. The minimum Gasteiger partial charge on any atom is -0.294 e. The lowest BCUT2D eigenvalue weighted by molar-refractivity contribution is -0.120. The van der Waals surface area contributed by atoms with E-state index in [-0.39, 0.29) is 17.0 Å². The van der Waals surface area contributed by atoms with Crippen molar-refractivity contribution in [2.24, 2.45) is 5.92 Å². The van der Waals surface area contributed by atoms with E-state index in [1.54, 1.807) is 0 Å². The topological polar surface area (TPSA) is 51.2 Å². The Hall–Kier alpha value is -0.640. The van der Waals surface area contributed by atoms with Gasteiger partial charge in [0.1, 0.15) is 9.84 Å². The fourth-order valence-electron chi connectivity index (χ4n) is 2.55. The highest BCUT2D eigenvalue weighted by atomic mass is 32.2. The van der Waals surface area contributed by atoms with E-state index in [4.69, 9.17) is 0 Å². The first-order chi connectivity index (χ1) is 7.90. The lowest BCUT2D eigenvalue weighted by Crippen LogP contribution is -2.31. The lowest BCUT2D eigenvalue weighted by atomic mass is 9.83. The minimum absolute atomic E-state index is 0.0883. The van der Waals surface area contributed by atoms with Gasteiger partial charge in [-0.05, 0) is 38.2 Å². The van der Waals surface area contributed by atoms with Gasteiger partial charge >= 0.3 is 0 Å². The number of carbonyl (C=O) groups excluding carboxylic acids is 1. The van der Waals surface area contributed by atoms with Crippen molar-refractivity contribution in [3.63, 3.8) is 0 Å². The number of rotatable bonds is 4. The molecule has 0 aromatic heterocycles. The highest BCUT2D eigenvalue weighted by Crippen LogP contribution is 2.31. The van der Waals surface area contributed by atoms with Gasteiger partial charge in [0, 0.05) is 12.2 Å². The van der Waals surface area contributed by atoms with E-state index >= 15 is 0 Å². The van der Waals surface area contributed by atoms with E-state index in [0.717, 1.165) is 24.8 Å². The Morgan fingerprint density at radius 2 is 2.00 bits per heavy atom. The maximum absolute atomic E-state index is 12.2. The molecule has 0 aromatic carbocycles. The van der Waals surface area contributed by atoms with Gasteiger partial charge < -0.3 is 0 Å². The molecule has 0 aromatic rings. The number of allylic oxidation sites excluding steroid dienone is 2. The predicted octanol–water partition coefficient (Wildman–Crippen LogP) is 2.52. The Labute approximate surface area is 104 Å². The molecule has 0 spiro atoms. The van der Waals surface area contributed by atoms with Crippen molar-refractivity contribution in [1.29, 1.82) is 0 Å². The molecule has 1 saturated carbocycles. The van der Waals surface area contributed by atoms with Gasteiger partial charge in [0.15, 0.2) is 5.78 Å². The molecule has 1 fully saturated rings. The Kier molecular flexibility index (Phi) is 4.92. The molecule has 2 atom stereocenters. The van der Waals surface area contributed by atoms with Gasteiger partial charge in [-0.1, -0.05) is 19.4 Å². The van der Waals surface area contributed by atoms with Crippen LogP contribution in [-0.4, -0.2) is 25.7 Å². The molecular formula is C13H22O3S. The Balaban J connectivity index is 2.77. The summed E-state index contributed by atoms with van der Waals surface area (Å²) in [6, 6.07) is 0. The summed E-state index contributed by atoms with van der Waals surface area (Å²) in [6.07, 6.45) is 6.76. The van der Waals surface area contributed by atoms with Crippen LogP contribution in [0.4, 0.5) is 0 Å². The smallest absolute Gasteiger partial charge is 0.161 e. The quantitative estimate of drug-likeness (QED) is 0.728. The molecule has 4 heteroatoms. The first-order valence-electron chi connectivity index (χ1n) is 6.28. The third-order valence-electron chi connectivity index (χ3n) is 3.65. The first kappa shape index (κ1) is 14.4. The molecule has 0 heterocycles. The van der Waals surface area contributed by atoms with Crippen LogP contribution in [0.25, 0.3) is 0 Å². The lowest BCUT2D eigenvalue weighted by Gasteiger charge is -2.27. The van der Waals surface area contributed by atoms with Gasteiger partial charge in [-0.2, -0.15) is 0 Å². The van der Waals surface area contributed by atoms with Gasteiger partial charge in [-0.3, -0.25) is 4.79 Å². The van der Waals surface area contributed by atoms with Crippen LogP contribution in [0, 0.1) is 5.92 Å². The van der Waals surface area contributed by atoms with Crippen molar-refractivity contribution in [1.82, 2.24) is 0 Å². The maximum Gasteiger partial charge on any atom is 0.161 e. The van der Waals surface area contributed by atoms with Crippen molar-refractivity contribution in [3.05, 3.63) is 11.6 Å². The van der Waals surface area contributed by atoms with E-state index in [1.807, 2.05) is 19.9 Å². The third-order valence-corrected chi connectivity index (χ3v) is 5.29. The van der Waals surface area contributed by atoms with E-state index in [1.165, 1.54) is 6.26 Å². The number of hydrogen-bond acceptors (Lipinski definition) is 3. The fourth-order valence-corrected chi connectivity index (χ4v) is 3.73. The summed E-state index contributed by atoms with van der Waals surface area (Å²) in [4.78, 5) is 12.2. The second-order valence-corrected chi connectivity index (χ2v) is 7.17. The SMILES string of the molecule is CC=C(CC)C(=O)C1CCCC(S(C)(=O)=O)C1. The molecule has 1 aliphatic rings. The molecule has 17 heavy (non-hydrogen) atoms. The molecule has 3 nitrogen and oxygen atoms in total. The summed E-state index contributed by atoms with van der Waals surface area (Å²) in [5.41, 5.74) is 0.837. The second kappa shape index (κ2) is 5.80. The predicted molar refractivity (Wildman–Crippen MR) is 69.6 cm³/mol. The van der Waals surface area contributed by atoms with Crippen LogP contribution < -0.4 is 0 Å². The number of sulfone groups is 1. The maximum atomic E-state index is 12.2. The first-order valence-corrected chi connectivity index (χ1v) is 8.23. The van der Waals surface area contributed by atoms with Gasteiger partial charge in [0.25, 0.3) is 0 Å². The zero-order valence-corrected chi connectivity index (χ0v) is 11.7. The largest absolute Gasteiger partial charge is 0.294 e. The Bertz CT molecular complexity index is 406. The van der Waals surface area contributed by atoms with Crippen LogP contribution >= 0.6 is 0 Å². The normalized spacial score (nSPS) is 26.9. The molecule has 1 rings (SSSR count). The average molecular weight is 258 g/mol. The van der Waals surface area contributed by atoms with Crippen LogP contribution in [0.5, 0.6) is 0 Å². The fraction of sp³-hybridized carbons (Fsp3) is 0.769. The molecule has 98 valence electrons. The molecule has 0 aliphatic heterocycles. The molecule has 0 radical (unpaired) electrons. The number of Topliss-reactive ketones (excluding diaryl/α,β-unsaturated/α-hetero) is 1. The van der Waals surface area contributed by atoms with Crippen LogP contribution in [0.1, 0.15) is 46.0 Å². The molecule has 0 N–H and O–H groups in total. The molecule has 0 bridgehead atoms. The van der Waals surface area contributed by atoms with E-state index < -0.39 is 9.84 Å². The summed E-state index contributed by atoms with van der Waals surface area (Å²) in [7, 11) is -3.00. The summed E-state index contributed by atoms with van der Waals surface area (Å²) in [6.45, 7) is 3.83. The molecule has 0 amide bonds. The highest BCUT2D eigenvalue weighted by Gasteiger charge is 2.32. The summed E-state index contributed by atoms with van der Waals surface area (Å²) >= 11 is 0. The van der Waals surface area contributed by atoms with Crippen molar-refractivity contribution in [2.75, 3.05) is 6.26 Å². The summed E-state index contributed by atoms with van der Waals surface area (Å²) in [5.74, 6) is 0.0676. The van der Waals surface area contributed by atoms with Gasteiger partial charge in [-0.25, -0.2) is 8.42 Å². The average Bonchev–Trinajstić information content (AvgIpc) is 2.29. The van der Waals surface area contributed by atoms with Crippen LogP contribution in [-0.2, 0) is 14.6 Å². The zero-order chi connectivity index (χ0) is 13.1. The molecule has 0 saturated heterocycles. The highest BCUT2D eigenvalue weighted by molar-refractivity contribution is 7.91. The van der Waals surface area contributed by atoms with Crippen molar-refractivity contribution in [2.45, 2.75) is 51.2 Å². The van der Waals surface area contributed by atoms with Gasteiger partial charge in [0.2, 0.25) is 0 Å². The van der Waals surface area contributed by atoms with E-state index in [2.05, 4.69) is 0 Å². The number of carbonyl (C=O) groups is 1. The van der Waals surface area contributed by atoms with E-state index in [0.29, 0.717) is 12.8 Å². The molecule has 2 unspecified atom stereocenters. The molecule has 1 aliphatic carbocycles. The summed E-state index contributed by atoms with van der Waals surface area (Å²) < 4.78 is 23.1. The Morgan fingerprint density at radius 1 is 1.35 bits per heavy atom. The second-order valence-electron chi connectivity index (χ2n) is 4.85. The van der Waals surface area contributed by atoms with Gasteiger partial charge in [0.05, 0.1) is 5.25 Å². The van der Waals surface area contributed by atoms with Crippen molar-refractivity contribution >= 4 is 15.6 Å². The van der Waals surface area contributed by atoms with Crippen molar-refractivity contribution < 1.29 is 13.2 Å². The monoisotopic (exact) mass is 258 g/mol. The van der Waals surface area contributed by atoms with Gasteiger partial charge in [-0.15, -0.1) is 0 Å². The van der Waals surface area contributed by atoms with Crippen LogP contribution in [0.2, 0.25) is 0 Å². The molecular weight excluding hydrogens is 236 g/mol. The standard InChI is InChI=1S/C13H22O3S/c1-4-10(5-2)13(14)11-7-6-8-12(9-11)17(3,15)16/h4,11-12H,5-9H2,1-3H3.